The van der Waals surface area contributed by atoms with Gasteiger partial charge in [0.05, 0.1) is 19.3 Å². The lowest BCUT2D eigenvalue weighted by atomic mass is 10.1. The summed E-state index contributed by atoms with van der Waals surface area (Å²) in [7, 11) is 0. The fraction of sp³-hybridized carbons (Fsp3) is 0.571. The first kappa shape index (κ1) is 13.5. The van der Waals surface area contributed by atoms with Crippen molar-refractivity contribution >= 4 is 0 Å². The highest BCUT2D eigenvalue weighted by atomic mass is 19.1. The van der Waals surface area contributed by atoms with E-state index in [-0.39, 0.29) is 17.9 Å². The number of β-amino-alcohol motifs (C(OH)–C–C–N with tert-alkyl or cyclic N) is 1. The molecule has 0 spiro atoms. The maximum Gasteiger partial charge on any atom is 0.129 e. The molecule has 0 amide bonds. The Labute approximate surface area is 107 Å². The topological polar surface area (TPSA) is 32.7 Å². The standard InChI is InChI=1S/C14H20FNO2/c1-10-8-18-9-11(2)16(10)7-14(17)12-5-3-4-6-13(12)15/h3-6,10-11,14,17H,7-9H2,1-2H3. The summed E-state index contributed by atoms with van der Waals surface area (Å²) in [6, 6.07) is 6.88. The fourth-order valence-electron chi connectivity index (χ4n) is 2.44. The van der Waals surface area contributed by atoms with Gasteiger partial charge in [-0.1, -0.05) is 18.2 Å². The number of benzene rings is 1. The van der Waals surface area contributed by atoms with Crippen LogP contribution in [-0.2, 0) is 4.74 Å². The molecule has 1 heterocycles. The van der Waals surface area contributed by atoms with Crippen LogP contribution in [-0.4, -0.2) is 41.8 Å². The average molecular weight is 253 g/mol. The molecular formula is C14H20FNO2. The summed E-state index contributed by atoms with van der Waals surface area (Å²) >= 11 is 0. The summed E-state index contributed by atoms with van der Waals surface area (Å²) in [5.41, 5.74) is 0.364. The van der Waals surface area contributed by atoms with E-state index in [2.05, 4.69) is 18.7 Å². The second-order valence-corrected chi connectivity index (χ2v) is 4.97. The Kier molecular flexibility index (Phi) is 4.32. The molecule has 3 atom stereocenters. The second kappa shape index (κ2) is 5.78. The molecule has 1 N–H and O–H groups in total. The van der Waals surface area contributed by atoms with Gasteiger partial charge in [0.2, 0.25) is 0 Å². The average Bonchev–Trinajstić information content (AvgIpc) is 2.34. The van der Waals surface area contributed by atoms with E-state index < -0.39 is 6.10 Å². The van der Waals surface area contributed by atoms with Crippen LogP contribution in [0.25, 0.3) is 0 Å². The molecule has 0 saturated carbocycles. The number of rotatable bonds is 3. The molecule has 2 rings (SSSR count). The Hall–Kier alpha value is -0.970. The van der Waals surface area contributed by atoms with Gasteiger partial charge in [-0.15, -0.1) is 0 Å². The maximum atomic E-state index is 13.6. The van der Waals surface area contributed by atoms with Crippen molar-refractivity contribution in [3.05, 3.63) is 35.6 Å². The third-order valence-corrected chi connectivity index (χ3v) is 3.50. The van der Waals surface area contributed by atoms with Gasteiger partial charge < -0.3 is 9.84 Å². The predicted octanol–water partition coefficient (Wildman–Crippen LogP) is 1.97. The van der Waals surface area contributed by atoms with Crippen LogP contribution in [0.5, 0.6) is 0 Å². The first-order valence-corrected chi connectivity index (χ1v) is 6.35. The largest absolute Gasteiger partial charge is 0.387 e. The number of aliphatic hydroxyl groups excluding tert-OH is 1. The smallest absolute Gasteiger partial charge is 0.129 e. The number of ether oxygens (including phenoxy) is 1. The maximum absolute atomic E-state index is 13.6. The first-order chi connectivity index (χ1) is 8.59. The molecule has 100 valence electrons. The monoisotopic (exact) mass is 253 g/mol. The van der Waals surface area contributed by atoms with E-state index in [0.29, 0.717) is 25.3 Å². The zero-order valence-corrected chi connectivity index (χ0v) is 10.8. The third-order valence-electron chi connectivity index (χ3n) is 3.50. The summed E-state index contributed by atoms with van der Waals surface area (Å²) in [6.45, 7) is 5.88. The van der Waals surface area contributed by atoms with E-state index in [1.54, 1.807) is 18.2 Å². The van der Waals surface area contributed by atoms with Crippen molar-refractivity contribution in [1.29, 1.82) is 0 Å². The summed E-state index contributed by atoms with van der Waals surface area (Å²) in [4.78, 5) is 2.17. The van der Waals surface area contributed by atoms with Crippen LogP contribution in [0.2, 0.25) is 0 Å². The molecule has 0 aliphatic carbocycles. The zero-order valence-electron chi connectivity index (χ0n) is 10.8. The Balaban J connectivity index is 2.06. The van der Waals surface area contributed by atoms with Crippen molar-refractivity contribution in [2.75, 3.05) is 19.8 Å². The van der Waals surface area contributed by atoms with Crippen molar-refractivity contribution < 1.29 is 14.2 Å². The Morgan fingerprint density at radius 3 is 2.56 bits per heavy atom. The summed E-state index contributed by atoms with van der Waals surface area (Å²) < 4.78 is 19.0. The number of halogens is 1. The van der Waals surface area contributed by atoms with Crippen molar-refractivity contribution in [2.45, 2.75) is 32.0 Å². The van der Waals surface area contributed by atoms with Gasteiger partial charge in [-0.3, -0.25) is 4.90 Å². The minimum Gasteiger partial charge on any atom is -0.387 e. The lowest BCUT2D eigenvalue weighted by Gasteiger charge is -2.39. The molecule has 0 radical (unpaired) electrons. The number of morpholine rings is 1. The first-order valence-electron chi connectivity index (χ1n) is 6.35. The van der Waals surface area contributed by atoms with Crippen molar-refractivity contribution in [2.24, 2.45) is 0 Å². The molecule has 4 heteroatoms. The fourth-order valence-corrected chi connectivity index (χ4v) is 2.44. The number of hydrogen-bond acceptors (Lipinski definition) is 3. The molecule has 1 aromatic rings. The van der Waals surface area contributed by atoms with Gasteiger partial charge in [0.1, 0.15) is 5.82 Å². The summed E-state index contributed by atoms with van der Waals surface area (Å²) in [5.74, 6) is -0.349. The van der Waals surface area contributed by atoms with E-state index in [0.717, 1.165) is 0 Å². The van der Waals surface area contributed by atoms with E-state index in [1.807, 2.05) is 0 Å². The lowest BCUT2D eigenvalue weighted by molar-refractivity contribution is -0.0541. The van der Waals surface area contributed by atoms with Gasteiger partial charge >= 0.3 is 0 Å². The van der Waals surface area contributed by atoms with Gasteiger partial charge in [0, 0.05) is 24.2 Å². The van der Waals surface area contributed by atoms with Crippen LogP contribution in [0.3, 0.4) is 0 Å². The quantitative estimate of drug-likeness (QED) is 0.894. The van der Waals surface area contributed by atoms with Gasteiger partial charge in [-0.05, 0) is 19.9 Å². The minimum absolute atomic E-state index is 0.246. The molecular weight excluding hydrogens is 233 g/mol. The minimum atomic E-state index is -0.797. The molecule has 0 aromatic heterocycles. The molecule has 18 heavy (non-hydrogen) atoms. The zero-order chi connectivity index (χ0) is 13.1. The molecule has 3 unspecified atom stereocenters. The normalized spacial score (nSPS) is 27.1. The number of nitrogens with zero attached hydrogens (tertiary/aromatic N) is 1. The Morgan fingerprint density at radius 1 is 1.33 bits per heavy atom. The molecule has 1 fully saturated rings. The summed E-state index contributed by atoms with van der Waals surface area (Å²) in [5, 5.41) is 10.2. The highest BCUT2D eigenvalue weighted by Crippen LogP contribution is 2.21. The lowest BCUT2D eigenvalue weighted by Crippen LogP contribution is -2.50. The van der Waals surface area contributed by atoms with E-state index >= 15 is 0 Å². The van der Waals surface area contributed by atoms with E-state index in [1.165, 1.54) is 6.07 Å². The van der Waals surface area contributed by atoms with Crippen molar-refractivity contribution in [1.82, 2.24) is 4.90 Å². The Morgan fingerprint density at radius 2 is 1.94 bits per heavy atom. The molecule has 3 nitrogen and oxygen atoms in total. The van der Waals surface area contributed by atoms with Crippen LogP contribution in [0, 0.1) is 5.82 Å². The van der Waals surface area contributed by atoms with Crippen LogP contribution >= 0.6 is 0 Å². The van der Waals surface area contributed by atoms with Crippen molar-refractivity contribution in [3.8, 4) is 0 Å². The van der Waals surface area contributed by atoms with Gasteiger partial charge in [0.15, 0.2) is 0 Å². The van der Waals surface area contributed by atoms with Gasteiger partial charge in [-0.2, -0.15) is 0 Å². The summed E-state index contributed by atoms with van der Waals surface area (Å²) in [6.07, 6.45) is -0.797. The van der Waals surface area contributed by atoms with Crippen molar-refractivity contribution in [3.63, 3.8) is 0 Å². The van der Waals surface area contributed by atoms with E-state index in [9.17, 15) is 9.50 Å². The predicted molar refractivity (Wildman–Crippen MR) is 67.8 cm³/mol. The second-order valence-electron chi connectivity index (χ2n) is 4.97. The molecule has 1 aliphatic rings. The van der Waals surface area contributed by atoms with Crippen LogP contribution < -0.4 is 0 Å². The number of hydrogen-bond donors (Lipinski definition) is 1. The van der Waals surface area contributed by atoms with Gasteiger partial charge in [0.25, 0.3) is 0 Å². The highest BCUT2D eigenvalue weighted by molar-refractivity contribution is 5.20. The SMILES string of the molecule is CC1COCC(C)N1CC(O)c1ccccc1F. The number of aliphatic hydroxyl groups is 1. The highest BCUT2D eigenvalue weighted by Gasteiger charge is 2.28. The molecule has 0 bridgehead atoms. The Bertz CT molecular complexity index is 389. The molecule has 1 saturated heterocycles. The van der Waals surface area contributed by atoms with Crippen LogP contribution in [0.15, 0.2) is 24.3 Å². The van der Waals surface area contributed by atoms with Crippen LogP contribution in [0.4, 0.5) is 4.39 Å². The third kappa shape index (κ3) is 2.88. The molecule has 1 aliphatic heterocycles. The van der Waals surface area contributed by atoms with E-state index in [4.69, 9.17) is 4.74 Å². The van der Waals surface area contributed by atoms with Crippen LogP contribution in [0.1, 0.15) is 25.5 Å². The molecule has 1 aromatic carbocycles. The van der Waals surface area contributed by atoms with Gasteiger partial charge in [-0.25, -0.2) is 4.39 Å².